The van der Waals surface area contributed by atoms with Gasteiger partial charge in [0.15, 0.2) is 0 Å². The van der Waals surface area contributed by atoms with E-state index in [4.69, 9.17) is 28.2 Å². The average molecular weight is 327 g/mol. The van der Waals surface area contributed by atoms with Crippen molar-refractivity contribution in [1.82, 2.24) is 9.55 Å². The normalized spacial score (nSPS) is 13.0. The number of halogens is 2. The predicted molar refractivity (Wildman–Crippen MR) is 92.6 cm³/mol. The van der Waals surface area contributed by atoms with Crippen LogP contribution in [0.15, 0.2) is 18.2 Å². The van der Waals surface area contributed by atoms with Crippen molar-refractivity contribution in [2.24, 2.45) is 0 Å². The lowest BCUT2D eigenvalue weighted by Gasteiger charge is -2.17. The summed E-state index contributed by atoms with van der Waals surface area (Å²) in [7, 11) is 0. The minimum Gasteiger partial charge on any atom is -0.325 e. The third-order valence-corrected chi connectivity index (χ3v) is 4.47. The second-order valence-corrected chi connectivity index (χ2v) is 6.43. The van der Waals surface area contributed by atoms with Gasteiger partial charge in [0.25, 0.3) is 0 Å². The fourth-order valence-electron chi connectivity index (χ4n) is 2.88. The van der Waals surface area contributed by atoms with Crippen molar-refractivity contribution in [3.8, 4) is 0 Å². The third-order valence-electron chi connectivity index (χ3n) is 3.98. The molecular formula is C17H24Cl2N2. The molecule has 116 valence electrons. The van der Waals surface area contributed by atoms with Crippen LogP contribution in [0, 0.1) is 0 Å². The van der Waals surface area contributed by atoms with Gasteiger partial charge in [0.2, 0.25) is 0 Å². The Morgan fingerprint density at radius 1 is 1.24 bits per heavy atom. The van der Waals surface area contributed by atoms with Crippen LogP contribution < -0.4 is 0 Å². The molecule has 1 unspecified atom stereocenters. The Bertz CT molecular complexity index is 577. The quantitative estimate of drug-likeness (QED) is 0.429. The van der Waals surface area contributed by atoms with Crippen LogP contribution in [0.2, 0.25) is 5.02 Å². The second kappa shape index (κ2) is 8.05. The fourth-order valence-corrected chi connectivity index (χ4v) is 3.26. The molecule has 1 aromatic heterocycles. The molecule has 0 aliphatic heterocycles. The number of fused-ring (bicyclic) bond motifs is 1. The van der Waals surface area contributed by atoms with Crippen molar-refractivity contribution in [3.63, 3.8) is 0 Å². The van der Waals surface area contributed by atoms with Crippen LogP contribution in [0.3, 0.4) is 0 Å². The zero-order valence-corrected chi connectivity index (χ0v) is 14.4. The Balaban J connectivity index is 2.27. The summed E-state index contributed by atoms with van der Waals surface area (Å²) >= 11 is 12.2. The molecule has 0 saturated heterocycles. The predicted octanol–water partition coefficient (Wildman–Crippen LogP) is 6.00. The van der Waals surface area contributed by atoms with Crippen LogP contribution in [0.1, 0.15) is 57.8 Å². The number of aromatic nitrogens is 2. The van der Waals surface area contributed by atoms with Crippen molar-refractivity contribution in [1.29, 1.82) is 0 Å². The van der Waals surface area contributed by atoms with Gasteiger partial charge in [-0.1, -0.05) is 50.3 Å². The number of para-hydroxylation sites is 1. The molecule has 1 atom stereocenters. The number of hydrogen-bond acceptors (Lipinski definition) is 1. The summed E-state index contributed by atoms with van der Waals surface area (Å²) in [5.41, 5.74) is 2.03. The fraction of sp³-hybridized carbons (Fsp3) is 0.588. The maximum absolute atomic E-state index is 6.28. The standard InChI is InChI=1S/C17H24Cl2N2/c1-3-4-5-6-8-13(2)21-15-10-7-9-14(19)17(15)20-16(21)11-12-18/h7,9-10,13H,3-6,8,11-12H2,1-2H3. The molecule has 0 saturated carbocycles. The van der Waals surface area contributed by atoms with Crippen molar-refractivity contribution in [2.45, 2.75) is 58.4 Å². The molecule has 0 fully saturated rings. The van der Waals surface area contributed by atoms with Gasteiger partial charge < -0.3 is 4.57 Å². The van der Waals surface area contributed by atoms with Gasteiger partial charge in [-0.15, -0.1) is 11.6 Å². The van der Waals surface area contributed by atoms with Crippen LogP contribution in [-0.2, 0) is 6.42 Å². The molecule has 1 heterocycles. The van der Waals surface area contributed by atoms with Gasteiger partial charge in [-0.25, -0.2) is 4.98 Å². The number of rotatable bonds is 8. The summed E-state index contributed by atoms with van der Waals surface area (Å²) in [6.07, 6.45) is 7.11. The van der Waals surface area contributed by atoms with Crippen molar-refractivity contribution in [2.75, 3.05) is 5.88 Å². The summed E-state index contributed by atoms with van der Waals surface area (Å²) < 4.78 is 2.33. The number of nitrogens with zero attached hydrogens (tertiary/aromatic N) is 2. The SMILES string of the molecule is CCCCCCC(C)n1c(CCCl)nc2c(Cl)cccc21. The molecule has 0 aliphatic rings. The van der Waals surface area contributed by atoms with E-state index >= 15 is 0 Å². The minimum atomic E-state index is 0.434. The van der Waals surface area contributed by atoms with E-state index in [1.165, 1.54) is 32.1 Å². The van der Waals surface area contributed by atoms with E-state index in [1.807, 2.05) is 12.1 Å². The molecule has 2 nitrogen and oxygen atoms in total. The molecule has 0 radical (unpaired) electrons. The molecule has 0 N–H and O–H groups in total. The number of aryl methyl sites for hydroxylation is 1. The number of benzene rings is 1. The van der Waals surface area contributed by atoms with Crippen LogP contribution >= 0.6 is 23.2 Å². The zero-order chi connectivity index (χ0) is 15.2. The first-order valence-corrected chi connectivity index (χ1v) is 8.81. The Labute approximate surface area is 137 Å². The molecule has 1 aromatic carbocycles. The van der Waals surface area contributed by atoms with Crippen LogP contribution in [0.5, 0.6) is 0 Å². The average Bonchev–Trinajstić information content (AvgIpc) is 2.84. The van der Waals surface area contributed by atoms with Crippen molar-refractivity contribution in [3.05, 3.63) is 29.0 Å². The van der Waals surface area contributed by atoms with Gasteiger partial charge in [0.05, 0.1) is 10.5 Å². The summed E-state index contributed by atoms with van der Waals surface area (Å²) in [6, 6.07) is 6.44. The summed E-state index contributed by atoms with van der Waals surface area (Å²) in [4.78, 5) is 4.71. The van der Waals surface area contributed by atoms with Crippen LogP contribution in [0.25, 0.3) is 11.0 Å². The topological polar surface area (TPSA) is 17.8 Å². The highest BCUT2D eigenvalue weighted by molar-refractivity contribution is 6.34. The number of imidazole rings is 1. The van der Waals surface area contributed by atoms with Crippen molar-refractivity contribution < 1.29 is 0 Å². The summed E-state index contributed by atoms with van der Waals surface area (Å²) in [5.74, 6) is 1.64. The summed E-state index contributed by atoms with van der Waals surface area (Å²) in [5, 5.41) is 0.722. The second-order valence-electron chi connectivity index (χ2n) is 5.64. The highest BCUT2D eigenvalue weighted by Crippen LogP contribution is 2.29. The summed E-state index contributed by atoms with van der Waals surface area (Å²) in [6.45, 7) is 4.51. The lowest BCUT2D eigenvalue weighted by atomic mass is 10.1. The molecule has 4 heteroatoms. The highest BCUT2D eigenvalue weighted by atomic mass is 35.5. The molecule has 0 amide bonds. The lowest BCUT2D eigenvalue weighted by molar-refractivity contribution is 0.470. The van der Waals surface area contributed by atoms with Gasteiger partial charge in [-0.05, 0) is 25.5 Å². The Morgan fingerprint density at radius 2 is 2.05 bits per heavy atom. The van der Waals surface area contributed by atoms with E-state index in [0.29, 0.717) is 11.9 Å². The molecule has 21 heavy (non-hydrogen) atoms. The molecule has 0 spiro atoms. The zero-order valence-electron chi connectivity index (χ0n) is 12.9. The monoisotopic (exact) mass is 326 g/mol. The van der Waals surface area contributed by atoms with Crippen LogP contribution in [0.4, 0.5) is 0 Å². The van der Waals surface area contributed by atoms with Gasteiger partial charge >= 0.3 is 0 Å². The molecule has 2 aromatic rings. The first kappa shape index (κ1) is 16.6. The molecule has 2 rings (SSSR count). The van der Waals surface area contributed by atoms with E-state index in [1.54, 1.807) is 0 Å². The van der Waals surface area contributed by atoms with Gasteiger partial charge in [0, 0.05) is 18.3 Å². The molecule has 0 bridgehead atoms. The Kier molecular flexibility index (Phi) is 6.38. The van der Waals surface area contributed by atoms with Gasteiger partial charge in [0.1, 0.15) is 11.3 Å². The van der Waals surface area contributed by atoms with Gasteiger partial charge in [-0.2, -0.15) is 0 Å². The maximum atomic E-state index is 6.28. The van der Waals surface area contributed by atoms with Crippen LogP contribution in [-0.4, -0.2) is 15.4 Å². The maximum Gasteiger partial charge on any atom is 0.111 e. The number of alkyl halides is 1. The van der Waals surface area contributed by atoms with E-state index in [2.05, 4.69) is 24.5 Å². The molecular weight excluding hydrogens is 303 g/mol. The van der Waals surface area contributed by atoms with E-state index in [-0.39, 0.29) is 0 Å². The first-order valence-electron chi connectivity index (χ1n) is 7.90. The van der Waals surface area contributed by atoms with E-state index < -0.39 is 0 Å². The lowest BCUT2D eigenvalue weighted by Crippen LogP contribution is -2.10. The largest absolute Gasteiger partial charge is 0.325 e. The number of hydrogen-bond donors (Lipinski definition) is 0. The van der Waals surface area contributed by atoms with Crippen molar-refractivity contribution >= 4 is 34.2 Å². The molecule has 0 aliphatic carbocycles. The highest BCUT2D eigenvalue weighted by Gasteiger charge is 2.16. The number of unbranched alkanes of at least 4 members (excludes halogenated alkanes) is 3. The van der Waals surface area contributed by atoms with E-state index in [0.717, 1.165) is 28.3 Å². The van der Waals surface area contributed by atoms with E-state index in [9.17, 15) is 0 Å². The minimum absolute atomic E-state index is 0.434. The van der Waals surface area contributed by atoms with Gasteiger partial charge in [-0.3, -0.25) is 0 Å². The Morgan fingerprint density at radius 3 is 2.76 bits per heavy atom. The smallest absolute Gasteiger partial charge is 0.111 e. The third kappa shape index (κ3) is 3.92. The first-order chi connectivity index (χ1) is 10.2. The Hall–Kier alpha value is -0.730.